The van der Waals surface area contributed by atoms with Crippen LogP contribution < -0.4 is 5.84 Å². The first-order valence-corrected chi connectivity index (χ1v) is 9.79. The highest BCUT2D eigenvalue weighted by atomic mass is 79.9. The Hall–Kier alpha value is -2.09. The number of aromatic hydroxyl groups is 1. The van der Waals surface area contributed by atoms with Crippen LogP contribution in [0, 0.1) is 6.92 Å². The normalized spacial score (nSPS) is 16.5. The number of halogens is 1. The summed E-state index contributed by atoms with van der Waals surface area (Å²) in [4.78, 5) is 2.31. The fraction of sp³-hybridized carbons (Fsp3) is 0.350. The summed E-state index contributed by atoms with van der Waals surface area (Å²) in [5, 5.41) is 16.4. The number of piperidine rings is 1. The van der Waals surface area contributed by atoms with Crippen LogP contribution in [0.5, 0.6) is 5.75 Å². The molecular formula is C20H26BrN5O. The van der Waals surface area contributed by atoms with Gasteiger partial charge < -0.3 is 10.0 Å². The smallest absolute Gasteiger partial charge is 0.145 e. The highest BCUT2D eigenvalue weighted by molar-refractivity contribution is 9.10. The topological polar surface area (TPSA) is 70.5 Å². The minimum absolute atomic E-state index is 0.194. The Morgan fingerprint density at radius 1 is 1.37 bits per heavy atom. The van der Waals surface area contributed by atoms with Crippen LogP contribution in [0.3, 0.4) is 0 Å². The van der Waals surface area contributed by atoms with Gasteiger partial charge in [-0.25, -0.2) is 10.5 Å². The van der Waals surface area contributed by atoms with Crippen LogP contribution in [0.15, 0.2) is 47.6 Å². The van der Waals surface area contributed by atoms with Gasteiger partial charge in [0.1, 0.15) is 11.6 Å². The molecule has 7 heteroatoms. The molecule has 1 aliphatic rings. The van der Waals surface area contributed by atoms with Crippen LogP contribution >= 0.6 is 15.9 Å². The maximum atomic E-state index is 10.2. The van der Waals surface area contributed by atoms with Gasteiger partial charge in [0.2, 0.25) is 0 Å². The van der Waals surface area contributed by atoms with E-state index in [0.717, 1.165) is 41.9 Å². The summed E-state index contributed by atoms with van der Waals surface area (Å²) < 4.78 is 2.73. The first kappa shape index (κ1) is 19.7. The molecule has 0 spiro atoms. The average molecular weight is 432 g/mol. The van der Waals surface area contributed by atoms with Gasteiger partial charge in [-0.15, -0.1) is 0 Å². The molecule has 0 bridgehead atoms. The van der Waals surface area contributed by atoms with Crippen LogP contribution in [0.1, 0.15) is 24.1 Å². The third-order valence-electron chi connectivity index (χ3n) is 5.07. The maximum Gasteiger partial charge on any atom is 0.145 e. The summed E-state index contributed by atoms with van der Waals surface area (Å²) in [7, 11) is 2.13. The number of aromatic nitrogens is 2. The van der Waals surface area contributed by atoms with Crippen LogP contribution in [-0.4, -0.2) is 51.0 Å². The molecule has 0 aliphatic carbocycles. The lowest BCUT2D eigenvalue weighted by atomic mass is 10.0. The van der Waals surface area contributed by atoms with Crippen molar-refractivity contribution in [2.45, 2.75) is 25.8 Å². The van der Waals surface area contributed by atoms with E-state index in [-0.39, 0.29) is 11.8 Å². The van der Waals surface area contributed by atoms with Crippen molar-refractivity contribution in [1.29, 1.82) is 0 Å². The molecule has 3 N–H and O–H groups in total. The standard InChI is InChI=1S/C20H26BrN5O/c1-14(17-6-4-5-7-19(17)27)12-20(26-15(2)18(21)13-23-26)25(22)16-8-10-24(3)11-9-16/h4-7,12-13,16,27H,1,8-11,22H2,2-3H3/b20-12-. The lowest BCUT2D eigenvalue weighted by Gasteiger charge is -2.37. The molecule has 1 aromatic heterocycles. The highest BCUT2D eigenvalue weighted by Crippen LogP contribution is 2.29. The van der Waals surface area contributed by atoms with E-state index in [4.69, 9.17) is 5.84 Å². The van der Waals surface area contributed by atoms with E-state index in [2.05, 4.69) is 39.6 Å². The van der Waals surface area contributed by atoms with Crippen molar-refractivity contribution < 1.29 is 5.11 Å². The number of phenolic OH excluding ortho intramolecular Hbond substituents is 1. The highest BCUT2D eigenvalue weighted by Gasteiger charge is 2.25. The van der Waals surface area contributed by atoms with Gasteiger partial charge in [0.15, 0.2) is 0 Å². The first-order chi connectivity index (χ1) is 12.9. The molecule has 1 aliphatic heterocycles. The number of hydrazine groups is 1. The third kappa shape index (κ3) is 4.26. The molecule has 6 nitrogen and oxygen atoms in total. The monoisotopic (exact) mass is 431 g/mol. The molecule has 1 fully saturated rings. The summed E-state index contributed by atoms with van der Waals surface area (Å²) in [5.41, 5.74) is 2.31. The Morgan fingerprint density at radius 2 is 2.04 bits per heavy atom. The summed E-state index contributed by atoms with van der Waals surface area (Å²) in [6.45, 7) is 8.15. The fourth-order valence-corrected chi connectivity index (χ4v) is 3.56. The summed E-state index contributed by atoms with van der Waals surface area (Å²) in [5.74, 6) is 7.51. The first-order valence-electron chi connectivity index (χ1n) is 9.00. The van der Waals surface area contributed by atoms with Gasteiger partial charge in [0.05, 0.1) is 16.4 Å². The third-order valence-corrected chi connectivity index (χ3v) is 5.84. The molecule has 0 saturated carbocycles. The van der Waals surface area contributed by atoms with Crippen molar-refractivity contribution in [2.24, 2.45) is 5.84 Å². The molecular weight excluding hydrogens is 406 g/mol. The minimum Gasteiger partial charge on any atom is -0.507 e. The molecule has 0 radical (unpaired) electrons. The Morgan fingerprint density at radius 3 is 2.63 bits per heavy atom. The lowest BCUT2D eigenvalue weighted by Crippen LogP contribution is -2.47. The van der Waals surface area contributed by atoms with Gasteiger partial charge in [-0.1, -0.05) is 24.8 Å². The van der Waals surface area contributed by atoms with Gasteiger partial charge in [-0.05, 0) is 73.5 Å². The van der Waals surface area contributed by atoms with Crippen molar-refractivity contribution in [2.75, 3.05) is 20.1 Å². The van der Waals surface area contributed by atoms with E-state index in [0.29, 0.717) is 11.1 Å². The van der Waals surface area contributed by atoms with Crippen molar-refractivity contribution >= 4 is 27.3 Å². The largest absolute Gasteiger partial charge is 0.507 e. The number of hydrogen-bond donors (Lipinski definition) is 2. The molecule has 0 atom stereocenters. The Balaban J connectivity index is 1.98. The van der Waals surface area contributed by atoms with Crippen molar-refractivity contribution in [3.8, 4) is 5.75 Å². The zero-order chi connectivity index (χ0) is 19.6. The Bertz CT molecular complexity index is 852. The van der Waals surface area contributed by atoms with E-state index >= 15 is 0 Å². The average Bonchev–Trinajstić information content (AvgIpc) is 2.99. The van der Waals surface area contributed by atoms with Crippen molar-refractivity contribution in [3.05, 3.63) is 58.8 Å². The zero-order valence-corrected chi connectivity index (χ0v) is 17.4. The van der Waals surface area contributed by atoms with Crippen LogP contribution in [0.25, 0.3) is 11.4 Å². The molecule has 0 amide bonds. The molecule has 27 heavy (non-hydrogen) atoms. The number of phenols is 1. The fourth-order valence-electron chi connectivity index (χ4n) is 3.30. The second-order valence-electron chi connectivity index (χ2n) is 6.98. The lowest BCUT2D eigenvalue weighted by molar-refractivity contribution is 0.164. The SMILES string of the molecule is C=C(/C=C(/N(N)C1CCN(C)CC1)n1ncc(Br)c1C)c1ccccc1O. The number of para-hydroxylation sites is 1. The second kappa shape index (κ2) is 8.29. The number of allylic oxidation sites excluding steroid dienone is 2. The van der Waals surface area contributed by atoms with E-state index in [1.54, 1.807) is 23.3 Å². The minimum atomic E-state index is 0.194. The van der Waals surface area contributed by atoms with Gasteiger partial charge in [-0.3, -0.25) is 5.01 Å². The molecule has 144 valence electrons. The molecule has 2 heterocycles. The molecule has 1 aromatic carbocycles. The Kier molecular flexibility index (Phi) is 6.04. The van der Waals surface area contributed by atoms with Gasteiger partial charge in [0.25, 0.3) is 0 Å². The number of likely N-dealkylation sites (tertiary alicyclic amines) is 1. The number of nitrogens with zero attached hydrogens (tertiary/aromatic N) is 4. The van der Waals surface area contributed by atoms with Crippen LogP contribution in [0.2, 0.25) is 0 Å². The zero-order valence-electron chi connectivity index (χ0n) is 15.8. The van der Waals surface area contributed by atoms with Crippen molar-refractivity contribution in [1.82, 2.24) is 19.7 Å². The molecule has 0 unspecified atom stereocenters. The van der Waals surface area contributed by atoms with Gasteiger partial charge >= 0.3 is 0 Å². The van der Waals surface area contributed by atoms with E-state index < -0.39 is 0 Å². The van der Waals surface area contributed by atoms with Gasteiger partial charge in [0, 0.05) is 11.6 Å². The second-order valence-corrected chi connectivity index (χ2v) is 7.83. The molecule has 1 saturated heterocycles. The summed E-state index contributed by atoms with van der Waals surface area (Å²) in [6, 6.07) is 7.38. The number of nitrogens with two attached hydrogens (primary N) is 1. The number of hydrogen-bond acceptors (Lipinski definition) is 5. The van der Waals surface area contributed by atoms with Gasteiger partial charge in [-0.2, -0.15) is 5.10 Å². The quantitative estimate of drug-likeness (QED) is 0.430. The van der Waals surface area contributed by atoms with E-state index in [1.807, 2.05) is 29.8 Å². The molecule has 3 rings (SSSR count). The number of benzene rings is 1. The summed E-state index contributed by atoms with van der Waals surface area (Å²) in [6.07, 6.45) is 5.61. The van der Waals surface area contributed by atoms with E-state index in [1.165, 1.54) is 0 Å². The predicted molar refractivity (Wildman–Crippen MR) is 113 cm³/mol. The van der Waals surface area contributed by atoms with Crippen LogP contribution in [-0.2, 0) is 0 Å². The predicted octanol–water partition coefficient (Wildman–Crippen LogP) is 3.44. The molecule has 2 aromatic rings. The van der Waals surface area contributed by atoms with Crippen molar-refractivity contribution in [3.63, 3.8) is 0 Å². The van der Waals surface area contributed by atoms with E-state index in [9.17, 15) is 5.11 Å². The van der Waals surface area contributed by atoms with Crippen LogP contribution in [0.4, 0.5) is 0 Å². The maximum absolute atomic E-state index is 10.2. The number of rotatable bonds is 5. The Labute approximate surface area is 168 Å². The summed E-state index contributed by atoms with van der Waals surface area (Å²) >= 11 is 3.52.